The van der Waals surface area contributed by atoms with Gasteiger partial charge in [0.1, 0.15) is 12.1 Å². The first kappa shape index (κ1) is 11.9. The van der Waals surface area contributed by atoms with Gasteiger partial charge in [0, 0.05) is 19.8 Å². The molecule has 0 saturated heterocycles. The standard InChI is InChI=1S/C13H17N3OS/c1(6-17-8-10-2-3-10)5-14-13-12-11(4-7-18-12)15-9-16-13/h4,7,9-10H,1-3,5-6,8H2,(H,14,15,16). The van der Waals surface area contributed by atoms with E-state index in [9.17, 15) is 0 Å². The number of nitrogens with one attached hydrogen (secondary N) is 1. The molecule has 1 saturated carbocycles. The summed E-state index contributed by atoms with van der Waals surface area (Å²) in [5.74, 6) is 1.79. The van der Waals surface area contributed by atoms with Crippen LogP contribution in [0.25, 0.3) is 10.2 Å². The first-order valence-electron chi connectivity index (χ1n) is 6.43. The molecule has 5 heteroatoms. The highest BCUT2D eigenvalue weighted by Gasteiger charge is 2.20. The number of nitrogens with zero attached hydrogens (tertiary/aromatic N) is 2. The molecule has 0 bridgehead atoms. The Morgan fingerprint density at radius 2 is 2.33 bits per heavy atom. The second-order valence-electron chi connectivity index (χ2n) is 4.66. The average molecular weight is 263 g/mol. The van der Waals surface area contributed by atoms with E-state index >= 15 is 0 Å². The molecule has 18 heavy (non-hydrogen) atoms. The Hall–Kier alpha value is -1.20. The fourth-order valence-electron chi connectivity index (χ4n) is 1.83. The predicted octanol–water partition coefficient (Wildman–Crippen LogP) is 2.92. The van der Waals surface area contributed by atoms with Crippen molar-refractivity contribution in [2.45, 2.75) is 19.3 Å². The third kappa shape index (κ3) is 2.97. The summed E-state index contributed by atoms with van der Waals surface area (Å²) in [4.78, 5) is 8.50. The van der Waals surface area contributed by atoms with Crippen molar-refractivity contribution in [3.63, 3.8) is 0 Å². The minimum absolute atomic E-state index is 0.835. The van der Waals surface area contributed by atoms with Crippen molar-refractivity contribution in [2.24, 2.45) is 5.92 Å². The van der Waals surface area contributed by atoms with E-state index in [1.807, 2.05) is 11.4 Å². The van der Waals surface area contributed by atoms with Crippen molar-refractivity contribution in [3.8, 4) is 0 Å². The number of thiophene rings is 1. The minimum Gasteiger partial charge on any atom is -0.381 e. The molecule has 2 aromatic heterocycles. The van der Waals surface area contributed by atoms with E-state index in [-0.39, 0.29) is 0 Å². The Labute approximate surface area is 110 Å². The van der Waals surface area contributed by atoms with Crippen LogP contribution in [0.2, 0.25) is 0 Å². The van der Waals surface area contributed by atoms with E-state index in [1.165, 1.54) is 12.8 Å². The lowest BCUT2D eigenvalue weighted by molar-refractivity contribution is 0.124. The van der Waals surface area contributed by atoms with Gasteiger partial charge in [-0.25, -0.2) is 9.97 Å². The molecule has 1 aliphatic rings. The Morgan fingerprint density at radius 3 is 3.22 bits per heavy atom. The summed E-state index contributed by atoms with van der Waals surface area (Å²) in [6.45, 7) is 2.68. The van der Waals surface area contributed by atoms with Gasteiger partial charge in [-0.15, -0.1) is 11.3 Å². The van der Waals surface area contributed by atoms with Crippen molar-refractivity contribution in [1.82, 2.24) is 9.97 Å². The Bertz CT molecular complexity index is 510. The van der Waals surface area contributed by atoms with Crippen molar-refractivity contribution in [1.29, 1.82) is 0 Å². The molecule has 0 aliphatic heterocycles. The van der Waals surface area contributed by atoms with Crippen molar-refractivity contribution in [3.05, 3.63) is 17.8 Å². The average Bonchev–Trinajstić information content (AvgIpc) is 3.08. The van der Waals surface area contributed by atoms with Crippen LogP contribution in [0.4, 0.5) is 5.82 Å². The lowest BCUT2D eigenvalue weighted by atomic mass is 10.4. The van der Waals surface area contributed by atoms with Gasteiger partial charge in [0.15, 0.2) is 0 Å². The molecule has 0 radical (unpaired) electrons. The first-order valence-corrected chi connectivity index (χ1v) is 7.31. The van der Waals surface area contributed by atoms with Gasteiger partial charge in [-0.05, 0) is 36.6 Å². The van der Waals surface area contributed by atoms with Crippen LogP contribution >= 0.6 is 11.3 Å². The van der Waals surface area contributed by atoms with Crippen LogP contribution in [0.15, 0.2) is 17.8 Å². The van der Waals surface area contributed by atoms with Gasteiger partial charge < -0.3 is 10.1 Å². The monoisotopic (exact) mass is 263 g/mol. The van der Waals surface area contributed by atoms with Crippen LogP contribution in [-0.4, -0.2) is 29.7 Å². The van der Waals surface area contributed by atoms with Crippen molar-refractivity contribution < 1.29 is 4.74 Å². The third-order valence-electron chi connectivity index (χ3n) is 3.05. The maximum atomic E-state index is 5.60. The maximum absolute atomic E-state index is 5.60. The number of anilines is 1. The van der Waals surface area contributed by atoms with E-state index in [2.05, 4.69) is 15.3 Å². The second-order valence-corrected chi connectivity index (χ2v) is 5.57. The van der Waals surface area contributed by atoms with Crippen LogP contribution in [0.1, 0.15) is 19.3 Å². The van der Waals surface area contributed by atoms with E-state index in [1.54, 1.807) is 17.7 Å². The molecule has 1 N–H and O–H groups in total. The van der Waals surface area contributed by atoms with Crippen LogP contribution in [0.5, 0.6) is 0 Å². The van der Waals surface area contributed by atoms with Crippen LogP contribution in [-0.2, 0) is 4.74 Å². The molecular formula is C13H17N3OS. The molecule has 0 aromatic carbocycles. The van der Waals surface area contributed by atoms with Gasteiger partial charge in [-0.2, -0.15) is 0 Å². The molecule has 0 amide bonds. The number of rotatable bonds is 7. The number of aromatic nitrogens is 2. The predicted molar refractivity (Wildman–Crippen MR) is 74.1 cm³/mol. The maximum Gasteiger partial charge on any atom is 0.147 e. The highest BCUT2D eigenvalue weighted by atomic mass is 32.1. The van der Waals surface area contributed by atoms with Gasteiger partial charge in [0.2, 0.25) is 0 Å². The number of hydrogen-bond acceptors (Lipinski definition) is 5. The summed E-state index contributed by atoms with van der Waals surface area (Å²) < 4.78 is 6.73. The molecule has 3 rings (SSSR count). The second kappa shape index (κ2) is 5.63. The number of ether oxygens (including phenoxy) is 1. The number of hydrogen-bond donors (Lipinski definition) is 1. The Morgan fingerprint density at radius 1 is 1.39 bits per heavy atom. The van der Waals surface area contributed by atoms with Crippen LogP contribution < -0.4 is 5.32 Å². The Balaban J connectivity index is 1.43. The molecule has 2 aromatic rings. The summed E-state index contributed by atoms with van der Waals surface area (Å²) >= 11 is 1.68. The SMILES string of the molecule is c1nc(NCCCOCC2CC2)c2sccc2n1. The molecule has 1 fully saturated rings. The molecule has 4 nitrogen and oxygen atoms in total. The summed E-state index contributed by atoms with van der Waals surface area (Å²) in [7, 11) is 0. The van der Waals surface area contributed by atoms with Gasteiger partial charge in [-0.1, -0.05) is 0 Å². The highest BCUT2D eigenvalue weighted by molar-refractivity contribution is 7.17. The molecular weight excluding hydrogens is 246 g/mol. The van der Waals surface area contributed by atoms with E-state index in [0.717, 1.165) is 48.1 Å². The zero-order valence-electron chi connectivity index (χ0n) is 10.3. The van der Waals surface area contributed by atoms with Crippen molar-refractivity contribution in [2.75, 3.05) is 25.1 Å². The first-order chi connectivity index (χ1) is 8.93. The van der Waals surface area contributed by atoms with Crippen molar-refractivity contribution >= 4 is 27.4 Å². The summed E-state index contributed by atoms with van der Waals surface area (Å²) in [5, 5.41) is 5.40. The lowest BCUT2D eigenvalue weighted by Gasteiger charge is -2.06. The normalized spacial score (nSPS) is 15.1. The topological polar surface area (TPSA) is 47.0 Å². The molecule has 2 heterocycles. The fraction of sp³-hybridized carbons (Fsp3) is 0.538. The summed E-state index contributed by atoms with van der Waals surface area (Å²) in [5.41, 5.74) is 1.02. The largest absolute Gasteiger partial charge is 0.381 e. The molecule has 0 spiro atoms. The van der Waals surface area contributed by atoms with Gasteiger partial charge in [0.25, 0.3) is 0 Å². The lowest BCUT2D eigenvalue weighted by Crippen LogP contribution is -2.08. The summed E-state index contributed by atoms with van der Waals surface area (Å²) in [6.07, 6.45) is 5.34. The Kier molecular flexibility index (Phi) is 3.71. The van der Waals surface area contributed by atoms with E-state index in [4.69, 9.17) is 4.74 Å². The molecule has 96 valence electrons. The third-order valence-corrected chi connectivity index (χ3v) is 3.96. The zero-order chi connectivity index (χ0) is 12.2. The molecule has 0 atom stereocenters. The minimum atomic E-state index is 0.835. The smallest absolute Gasteiger partial charge is 0.147 e. The zero-order valence-corrected chi connectivity index (χ0v) is 11.1. The molecule has 0 unspecified atom stereocenters. The fourth-order valence-corrected chi connectivity index (χ4v) is 2.64. The van der Waals surface area contributed by atoms with Crippen LogP contribution in [0, 0.1) is 5.92 Å². The van der Waals surface area contributed by atoms with Gasteiger partial charge >= 0.3 is 0 Å². The van der Waals surface area contributed by atoms with E-state index in [0.29, 0.717) is 0 Å². The number of fused-ring (bicyclic) bond motifs is 1. The quantitative estimate of drug-likeness (QED) is 0.780. The highest BCUT2D eigenvalue weighted by Crippen LogP contribution is 2.28. The van der Waals surface area contributed by atoms with Crippen LogP contribution in [0.3, 0.4) is 0 Å². The summed E-state index contributed by atoms with van der Waals surface area (Å²) in [6, 6.07) is 2.02. The van der Waals surface area contributed by atoms with Gasteiger partial charge in [-0.3, -0.25) is 0 Å². The molecule has 1 aliphatic carbocycles. The van der Waals surface area contributed by atoms with E-state index < -0.39 is 0 Å². The van der Waals surface area contributed by atoms with Gasteiger partial charge in [0.05, 0.1) is 10.2 Å².